The van der Waals surface area contributed by atoms with Gasteiger partial charge in [-0.25, -0.2) is 24.3 Å². The zero-order valence-corrected chi connectivity index (χ0v) is 44.4. The van der Waals surface area contributed by atoms with Crippen LogP contribution in [0.15, 0.2) is 115 Å². The third kappa shape index (κ3) is 14.8. The van der Waals surface area contributed by atoms with E-state index in [-0.39, 0.29) is 46.5 Å². The summed E-state index contributed by atoms with van der Waals surface area (Å²) in [5, 5.41) is 11.5. The van der Waals surface area contributed by atoms with E-state index in [1.807, 2.05) is 0 Å². The van der Waals surface area contributed by atoms with Crippen molar-refractivity contribution in [3.63, 3.8) is 0 Å². The Hall–Kier alpha value is -2.44. The van der Waals surface area contributed by atoms with E-state index in [1.165, 1.54) is 43.4 Å². The van der Waals surface area contributed by atoms with Gasteiger partial charge in [-0.2, -0.15) is 6.42 Å². The monoisotopic (exact) mass is 1170 g/mol. The number of rotatable bonds is 16. The van der Waals surface area contributed by atoms with Crippen LogP contribution in [0.4, 0.5) is 32.3 Å². The van der Waals surface area contributed by atoms with E-state index in [9.17, 15) is 29.1 Å². The van der Waals surface area contributed by atoms with Crippen LogP contribution in [0.5, 0.6) is 0 Å². The zero-order valence-electron chi connectivity index (χ0n) is 35.0. The van der Waals surface area contributed by atoms with Gasteiger partial charge in [-0.3, -0.25) is 19.3 Å². The van der Waals surface area contributed by atoms with Crippen molar-refractivity contribution in [2.75, 3.05) is 19.6 Å². The van der Waals surface area contributed by atoms with E-state index < -0.39 is 35.5 Å². The fourth-order valence-corrected chi connectivity index (χ4v) is 7.66. The van der Waals surface area contributed by atoms with Gasteiger partial charge in [-0.15, -0.1) is 0 Å². The molecule has 16 heteroatoms. The standard InChI is InChI=1S/C23H26Br2N2O3.C15H8Br2N2O3.C8H17.BrH.Mg/c1-2-3-4-5-6-7-16-23(30)21(28)26(19-12-8-17(24)9-13-19)22(29)27(23)20-14-10-18(25)11-15-20;16-9-1-5-11(6-2-9)18-13(20)14(21)19(15(18)22)12-7-3-10(17)4-8-12;1-3-5-7-8-6-4-2;;/h8-15,30H,2-7,16H2,1H3;1-8H;1,3-8H2,2H3;1H;/q;;-1;;+2/p-1. The summed E-state index contributed by atoms with van der Waals surface area (Å²) in [5.74, 6) is -2.34. The summed E-state index contributed by atoms with van der Waals surface area (Å²) in [7, 11) is 0. The molecule has 4 aromatic carbocycles. The molecule has 62 heavy (non-hydrogen) atoms. The fraction of sp³-hybridized carbons (Fsp3) is 0.348. The molecule has 0 bridgehead atoms. The molecule has 0 aromatic heterocycles. The van der Waals surface area contributed by atoms with Crippen LogP contribution in [0.2, 0.25) is 0 Å². The molecule has 1 atom stereocenters. The number of hydrogen-bond acceptors (Lipinski definition) is 6. The molecule has 0 spiro atoms. The number of aliphatic hydroxyl groups is 1. The quantitative estimate of drug-likeness (QED) is 0.0393. The second-order valence-corrected chi connectivity index (χ2v) is 18.0. The Morgan fingerprint density at radius 2 is 0.806 bits per heavy atom. The molecule has 1 unspecified atom stereocenters. The first kappa shape index (κ1) is 55.7. The van der Waals surface area contributed by atoms with Gasteiger partial charge in [0, 0.05) is 30.0 Å². The smallest absolute Gasteiger partial charge is 1.00 e. The van der Waals surface area contributed by atoms with Crippen molar-refractivity contribution in [1.82, 2.24) is 0 Å². The SMILES string of the molecule is CCCCCCCCC1(O)C(=O)N(c2ccc(Br)cc2)C(=O)N1c1ccc(Br)cc1.O=C1C(=O)N(c2ccc(Br)cc2)C(=O)N1c1ccc(Br)cc1.[Br-].[CH2-]CCCCCCC.[Mg+2]. The molecule has 2 heterocycles. The molecule has 328 valence electrons. The van der Waals surface area contributed by atoms with Gasteiger partial charge in [-0.05, 0) is 103 Å². The number of unbranched alkanes of at least 4 members (excludes halogenated alkanes) is 10. The molecule has 0 saturated carbocycles. The number of benzene rings is 4. The molecular weight excluding hydrogens is 1130 g/mol. The molecule has 2 fully saturated rings. The topological polar surface area (TPSA) is 119 Å². The number of amides is 7. The Balaban J connectivity index is 0.000000363. The van der Waals surface area contributed by atoms with Gasteiger partial charge in [0.2, 0.25) is 5.72 Å². The Labute approximate surface area is 426 Å². The first-order valence-electron chi connectivity index (χ1n) is 20.2. The molecule has 2 aliphatic heterocycles. The van der Waals surface area contributed by atoms with Gasteiger partial charge in [-0.1, -0.05) is 142 Å². The number of urea groups is 2. The number of carbonyl (C=O) groups is 5. The van der Waals surface area contributed by atoms with E-state index >= 15 is 0 Å². The Kier molecular flexibility index (Phi) is 25.0. The normalized spacial score (nSPS) is 15.8. The summed E-state index contributed by atoms with van der Waals surface area (Å²) >= 11 is 13.3. The van der Waals surface area contributed by atoms with Gasteiger partial charge < -0.3 is 29.0 Å². The number of anilines is 4. The molecule has 10 nitrogen and oxygen atoms in total. The van der Waals surface area contributed by atoms with Gasteiger partial charge in [0.1, 0.15) is 0 Å². The largest absolute Gasteiger partial charge is 2.00 e. The zero-order chi connectivity index (χ0) is 43.8. The van der Waals surface area contributed by atoms with Gasteiger partial charge >= 0.3 is 46.9 Å². The van der Waals surface area contributed by atoms with E-state index in [2.05, 4.69) is 84.5 Å². The maximum absolute atomic E-state index is 13.3. The van der Waals surface area contributed by atoms with Gasteiger partial charge in [0.05, 0.1) is 17.1 Å². The van der Waals surface area contributed by atoms with Crippen LogP contribution in [-0.2, 0) is 14.4 Å². The van der Waals surface area contributed by atoms with Crippen molar-refractivity contribution in [3.05, 3.63) is 122 Å². The number of carbonyl (C=O) groups excluding carboxylic acids is 5. The second kappa shape index (κ2) is 27.8. The van der Waals surface area contributed by atoms with E-state index in [0.717, 1.165) is 64.7 Å². The van der Waals surface area contributed by atoms with Crippen molar-refractivity contribution < 1.29 is 46.1 Å². The number of imide groups is 3. The van der Waals surface area contributed by atoms with Crippen LogP contribution in [-0.4, -0.2) is 63.7 Å². The Morgan fingerprint density at radius 3 is 1.18 bits per heavy atom. The molecule has 6 rings (SSSR count). The molecule has 2 aliphatic rings. The minimum atomic E-state index is -1.90. The molecule has 4 aromatic rings. The third-order valence-corrected chi connectivity index (χ3v) is 12.0. The number of halogens is 5. The van der Waals surface area contributed by atoms with Crippen molar-refractivity contribution in [2.24, 2.45) is 0 Å². The maximum Gasteiger partial charge on any atom is 2.00 e. The average Bonchev–Trinajstić information content (AvgIpc) is 3.58. The molecule has 2 saturated heterocycles. The van der Waals surface area contributed by atoms with Crippen LogP contribution >= 0.6 is 63.7 Å². The predicted octanol–water partition coefficient (Wildman–Crippen LogP) is 10.1. The Bertz CT molecular complexity index is 1990. The summed E-state index contributed by atoms with van der Waals surface area (Å²) < 4.78 is 3.32. The molecule has 0 radical (unpaired) electrons. The summed E-state index contributed by atoms with van der Waals surface area (Å²) in [6.45, 7) is 8.19. The van der Waals surface area contributed by atoms with Crippen LogP contribution in [0.1, 0.15) is 97.3 Å². The van der Waals surface area contributed by atoms with Crippen molar-refractivity contribution in [3.8, 4) is 0 Å². The van der Waals surface area contributed by atoms with Gasteiger partial charge in [0.15, 0.2) is 0 Å². The summed E-state index contributed by atoms with van der Waals surface area (Å²) in [5.41, 5.74) is -0.265. The van der Waals surface area contributed by atoms with Crippen LogP contribution in [0.25, 0.3) is 0 Å². The first-order valence-corrected chi connectivity index (χ1v) is 23.4. The van der Waals surface area contributed by atoms with Crippen molar-refractivity contribution >= 4 is 139 Å². The summed E-state index contributed by atoms with van der Waals surface area (Å²) in [6.07, 6.45) is 14.3. The number of hydrogen-bond donors (Lipinski definition) is 1. The van der Waals surface area contributed by atoms with Crippen LogP contribution in [0, 0.1) is 6.92 Å². The second-order valence-electron chi connectivity index (χ2n) is 14.3. The van der Waals surface area contributed by atoms with E-state index in [0.29, 0.717) is 29.2 Å². The van der Waals surface area contributed by atoms with Gasteiger partial charge in [0.25, 0.3) is 5.91 Å². The average molecular weight is 1180 g/mol. The van der Waals surface area contributed by atoms with Crippen molar-refractivity contribution in [1.29, 1.82) is 0 Å². The third-order valence-electron chi connectivity index (χ3n) is 9.84. The fourth-order valence-electron chi connectivity index (χ4n) is 6.60. The first-order chi connectivity index (χ1) is 28.8. The molecular formula is C46H51Br5MgN4O6. The summed E-state index contributed by atoms with van der Waals surface area (Å²) in [6, 6.07) is 25.9. The Morgan fingerprint density at radius 1 is 0.484 bits per heavy atom. The summed E-state index contributed by atoms with van der Waals surface area (Å²) in [4.78, 5) is 67.5. The minimum Gasteiger partial charge on any atom is -1.00 e. The molecule has 7 amide bonds. The number of nitrogens with zero attached hydrogens (tertiary/aromatic N) is 4. The minimum absolute atomic E-state index is 0. The predicted molar refractivity (Wildman–Crippen MR) is 260 cm³/mol. The van der Waals surface area contributed by atoms with E-state index in [1.54, 1.807) is 97.1 Å². The van der Waals surface area contributed by atoms with Crippen molar-refractivity contribution in [2.45, 2.75) is 103 Å². The van der Waals surface area contributed by atoms with E-state index in [4.69, 9.17) is 0 Å². The van der Waals surface area contributed by atoms with Crippen LogP contribution in [0.3, 0.4) is 0 Å². The molecule has 0 aliphatic carbocycles. The molecule has 1 N–H and O–H groups in total. The van der Waals surface area contributed by atoms with Crippen LogP contribution < -0.4 is 36.6 Å². The maximum atomic E-state index is 13.3.